The van der Waals surface area contributed by atoms with E-state index in [0.29, 0.717) is 0 Å². The van der Waals surface area contributed by atoms with E-state index in [9.17, 15) is 0 Å². The summed E-state index contributed by atoms with van der Waals surface area (Å²) in [6, 6.07) is 29.5. The van der Waals surface area contributed by atoms with E-state index < -0.39 is 0 Å². The molecule has 3 heteroatoms. The molecule has 0 aliphatic carbocycles. The summed E-state index contributed by atoms with van der Waals surface area (Å²) in [7, 11) is 0. The number of para-hydroxylation sites is 3. The molecule has 0 saturated heterocycles. The average molecular weight is 373 g/mol. The number of benzene rings is 4. The third-order valence-corrected chi connectivity index (χ3v) is 5.74. The maximum Gasteiger partial charge on any atom is 0.0995 e. The molecule has 0 aliphatic rings. The summed E-state index contributed by atoms with van der Waals surface area (Å²) in [6.07, 6.45) is 0. The maximum atomic E-state index is 5.06. The van der Waals surface area contributed by atoms with Crippen LogP contribution in [0.15, 0.2) is 84.9 Å². The summed E-state index contributed by atoms with van der Waals surface area (Å²) in [5, 5.41) is 2.42. The van der Waals surface area contributed by atoms with E-state index in [-0.39, 0.29) is 0 Å². The number of hydrogen-bond acceptors (Lipinski definition) is 2. The van der Waals surface area contributed by atoms with Crippen molar-refractivity contribution in [2.24, 2.45) is 0 Å². The highest BCUT2D eigenvalue weighted by Crippen LogP contribution is 2.40. The molecule has 6 rings (SSSR count). The summed E-state index contributed by atoms with van der Waals surface area (Å²) in [5.74, 6) is 0. The fourth-order valence-corrected chi connectivity index (χ4v) is 4.49. The van der Waals surface area contributed by atoms with Crippen LogP contribution in [0.1, 0.15) is 6.92 Å². The minimum Gasteiger partial charge on any atom is -0.340 e. The van der Waals surface area contributed by atoms with E-state index >= 15 is 0 Å². The predicted molar refractivity (Wildman–Crippen MR) is 121 cm³/mol. The lowest BCUT2D eigenvalue weighted by Gasteiger charge is -2.11. The number of rotatable bonds is 2. The minimum atomic E-state index is 0.899. The summed E-state index contributed by atoms with van der Waals surface area (Å²) in [6.45, 7) is 3.10. The minimum absolute atomic E-state index is 0.899. The Balaban J connectivity index is 1.92. The molecule has 0 saturated carbocycles. The van der Waals surface area contributed by atoms with Crippen molar-refractivity contribution in [3.8, 4) is 11.1 Å². The van der Waals surface area contributed by atoms with Gasteiger partial charge in [-0.2, -0.15) is 0 Å². The molecule has 0 aliphatic heterocycles. The first-order chi connectivity index (χ1) is 14.3. The van der Waals surface area contributed by atoms with Crippen LogP contribution < -0.4 is 0 Å². The molecule has 0 spiro atoms. The Bertz CT molecular complexity index is 1530. The SMILES string of the molecule is CCn1c2ccccc2c2c3nc4ccccc4nc3cc(-c3ccccc3)c21. The smallest absolute Gasteiger partial charge is 0.0995 e. The molecule has 6 aromatic rings. The second kappa shape index (κ2) is 6.14. The van der Waals surface area contributed by atoms with Crippen molar-refractivity contribution in [3.05, 3.63) is 84.9 Å². The first-order valence-corrected chi connectivity index (χ1v) is 10.0. The highest BCUT2D eigenvalue weighted by atomic mass is 15.0. The Kier molecular flexibility index (Phi) is 3.44. The van der Waals surface area contributed by atoms with Gasteiger partial charge in [-0.15, -0.1) is 0 Å². The van der Waals surface area contributed by atoms with Crippen LogP contribution in [0.3, 0.4) is 0 Å². The van der Waals surface area contributed by atoms with Gasteiger partial charge in [-0.25, -0.2) is 9.97 Å². The first-order valence-electron chi connectivity index (χ1n) is 10.0. The highest BCUT2D eigenvalue weighted by molar-refractivity contribution is 6.23. The van der Waals surface area contributed by atoms with Crippen LogP contribution in [0.2, 0.25) is 0 Å². The summed E-state index contributed by atoms with van der Waals surface area (Å²) in [5.41, 5.74) is 8.65. The van der Waals surface area contributed by atoms with E-state index in [1.54, 1.807) is 0 Å². The van der Waals surface area contributed by atoms with Gasteiger partial charge in [0.05, 0.1) is 27.6 Å². The summed E-state index contributed by atoms with van der Waals surface area (Å²) >= 11 is 0. The zero-order valence-corrected chi connectivity index (χ0v) is 16.1. The molecule has 29 heavy (non-hydrogen) atoms. The Labute approximate surface area is 168 Å². The van der Waals surface area contributed by atoms with Gasteiger partial charge in [0.25, 0.3) is 0 Å². The molecule has 0 radical (unpaired) electrons. The average Bonchev–Trinajstić information content (AvgIpc) is 3.12. The van der Waals surface area contributed by atoms with Crippen molar-refractivity contribution in [2.75, 3.05) is 0 Å². The van der Waals surface area contributed by atoms with Gasteiger partial charge in [0, 0.05) is 28.4 Å². The van der Waals surface area contributed by atoms with Crippen LogP contribution in [0.25, 0.3) is 55.0 Å². The van der Waals surface area contributed by atoms with Gasteiger partial charge in [0.1, 0.15) is 0 Å². The van der Waals surface area contributed by atoms with E-state index in [0.717, 1.165) is 28.6 Å². The lowest BCUT2D eigenvalue weighted by atomic mass is 10.00. The molecular formula is C26H19N3. The van der Waals surface area contributed by atoms with Gasteiger partial charge < -0.3 is 4.57 Å². The molecule has 3 nitrogen and oxygen atoms in total. The van der Waals surface area contributed by atoms with Gasteiger partial charge in [-0.3, -0.25) is 0 Å². The lowest BCUT2D eigenvalue weighted by molar-refractivity contribution is 0.828. The number of aryl methyl sites for hydroxylation is 1. The van der Waals surface area contributed by atoms with Crippen molar-refractivity contribution in [2.45, 2.75) is 13.5 Å². The number of aromatic nitrogens is 3. The lowest BCUT2D eigenvalue weighted by Crippen LogP contribution is -1.96. The second-order valence-electron chi connectivity index (χ2n) is 7.36. The van der Waals surface area contributed by atoms with Gasteiger partial charge in [-0.1, -0.05) is 60.7 Å². The van der Waals surface area contributed by atoms with Gasteiger partial charge in [0.15, 0.2) is 0 Å². The largest absolute Gasteiger partial charge is 0.340 e. The first kappa shape index (κ1) is 16.3. The second-order valence-corrected chi connectivity index (χ2v) is 7.36. The van der Waals surface area contributed by atoms with Gasteiger partial charge >= 0.3 is 0 Å². The monoisotopic (exact) mass is 373 g/mol. The fraction of sp³-hybridized carbons (Fsp3) is 0.0769. The molecule has 0 unspecified atom stereocenters. The van der Waals surface area contributed by atoms with Crippen LogP contribution in [-0.4, -0.2) is 14.5 Å². The standard InChI is InChI=1S/C26H19N3/c1-2-29-23-15-9-6-12-18(23)24-25-22(27-20-13-7-8-14-21(20)28-25)16-19(26(24)29)17-10-4-3-5-11-17/h3-16H,2H2,1H3. The molecule has 2 aromatic heterocycles. The Morgan fingerprint density at radius 3 is 2.21 bits per heavy atom. The van der Waals surface area contributed by atoms with Crippen molar-refractivity contribution in [1.29, 1.82) is 0 Å². The molecular weight excluding hydrogens is 354 g/mol. The van der Waals surface area contributed by atoms with Crippen LogP contribution in [0.5, 0.6) is 0 Å². The van der Waals surface area contributed by atoms with Gasteiger partial charge in [0.2, 0.25) is 0 Å². The molecule has 0 amide bonds. The quantitative estimate of drug-likeness (QED) is 0.321. The van der Waals surface area contributed by atoms with Crippen LogP contribution >= 0.6 is 0 Å². The molecule has 0 fully saturated rings. The van der Waals surface area contributed by atoms with Gasteiger partial charge in [-0.05, 0) is 36.8 Å². The Hall–Kier alpha value is -3.72. The Morgan fingerprint density at radius 1 is 0.724 bits per heavy atom. The Morgan fingerprint density at radius 2 is 1.41 bits per heavy atom. The number of fused-ring (bicyclic) bond motifs is 6. The van der Waals surface area contributed by atoms with Crippen molar-refractivity contribution < 1.29 is 0 Å². The van der Waals surface area contributed by atoms with Crippen LogP contribution in [0.4, 0.5) is 0 Å². The third kappa shape index (κ3) is 2.31. The number of hydrogen-bond donors (Lipinski definition) is 0. The van der Waals surface area contributed by atoms with E-state index in [1.807, 2.05) is 24.3 Å². The highest BCUT2D eigenvalue weighted by Gasteiger charge is 2.19. The zero-order chi connectivity index (χ0) is 19.4. The summed E-state index contributed by atoms with van der Waals surface area (Å²) < 4.78 is 2.41. The van der Waals surface area contributed by atoms with Crippen LogP contribution in [-0.2, 0) is 6.54 Å². The maximum absolute atomic E-state index is 5.06. The predicted octanol–water partition coefficient (Wildman–Crippen LogP) is 6.58. The number of nitrogens with zero attached hydrogens (tertiary/aromatic N) is 3. The van der Waals surface area contributed by atoms with Crippen molar-refractivity contribution >= 4 is 43.9 Å². The van der Waals surface area contributed by atoms with Crippen molar-refractivity contribution in [3.63, 3.8) is 0 Å². The van der Waals surface area contributed by atoms with E-state index in [4.69, 9.17) is 9.97 Å². The van der Waals surface area contributed by atoms with E-state index in [2.05, 4.69) is 72.2 Å². The molecule has 2 heterocycles. The normalized spacial score (nSPS) is 11.8. The topological polar surface area (TPSA) is 30.7 Å². The molecule has 138 valence electrons. The third-order valence-electron chi connectivity index (χ3n) is 5.74. The fourth-order valence-electron chi connectivity index (χ4n) is 4.49. The molecule has 4 aromatic carbocycles. The summed E-state index contributed by atoms with van der Waals surface area (Å²) in [4.78, 5) is 10.0. The van der Waals surface area contributed by atoms with Crippen LogP contribution in [0, 0.1) is 0 Å². The molecule has 0 bridgehead atoms. The zero-order valence-electron chi connectivity index (χ0n) is 16.1. The molecule has 0 atom stereocenters. The molecule has 0 N–H and O–H groups in total. The van der Waals surface area contributed by atoms with E-state index in [1.165, 1.54) is 32.9 Å². The van der Waals surface area contributed by atoms with Crippen molar-refractivity contribution in [1.82, 2.24) is 14.5 Å².